The second-order valence-electron chi connectivity index (χ2n) is 5.68. The van der Waals surface area contributed by atoms with Crippen LogP contribution in [0, 0.1) is 5.92 Å². The lowest BCUT2D eigenvalue weighted by atomic mass is 9.88. The summed E-state index contributed by atoms with van der Waals surface area (Å²) >= 11 is 0. The van der Waals surface area contributed by atoms with Crippen LogP contribution in [0.1, 0.15) is 52.4 Å². The molecule has 2 nitrogen and oxygen atoms in total. The van der Waals surface area contributed by atoms with Crippen LogP contribution in [-0.2, 0) is 4.79 Å². The molecule has 0 spiro atoms. The van der Waals surface area contributed by atoms with Crippen molar-refractivity contribution in [1.82, 2.24) is 4.90 Å². The number of Topliss-reactive ketones (excluding diaryl/α,β-unsaturated/α-hetero) is 1. The second kappa shape index (κ2) is 4.25. The normalized spacial score (nSPS) is 28.5. The maximum atomic E-state index is 11.9. The van der Waals surface area contributed by atoms with Gasteiger partial charge < -0.3 is 0 Å². The van der Waals surface area contributed by atoms with Crippen LogP contribution in [0.5, 0.6) is 0 Å². The summed E-state index contributed by atoms with van der Waals surface area (Å²) in [5.41, 5.74) is -0.194. The topological polar surface area (TPSA) is 20.3 Å². The van der Waals surface area contributed by atoms with Crippen molar-refractivity contribution in [3.63, 3.8) is 0 Å². The van der Waals surface area contributed by atoms with Gasteiger partial charge in [-0.1, -0.05) is 12.8 Å². The summed E-state index contributed by atoms with van der Waals surface area (Å²) in [5.74, 6) is 1.29. The van der Waals surface area contributed by atoms with Gasteiger partial charge in [0, 0.05) is 13.0 Å². The monoisotopic (exact) mass is 209 g/mol. The van der Waals surface area contributed by atoms with Gasteiger partial charge in [0.15, 0.2) is 5.78 Å². The van der Waals surface area contributed by atoms with E-state index in [-0.39, 0.29) is 5.54 Å². The maximum absolute atomic E-state index is 11.9. The van der Waals surface area contributed by atoms with Gasteiger partial charge in [0.05, 0.1) is 5.54 Å². The highest BCUT2D eigenvalue weighted by Crippen LogP contribution is 2.30. The minimum absolute atomic E-state index is 0.194. The van der Waals surface area contributed by atoms with Crippen LogP contribution in [-0.4, -0.2) is 29.3 Å². The third-order valence-corrected chi connectivity index (χ3v) is 4.26. The third-order valence-electron chi connectivity index (χ3n) is 4.26. The van der Waals surface area contributed by atoms with E-state index in [4.69, 9.17) is 0 Å². The molecule has 0 radical (unpaired) electrons. The molecule has 1 heterocycles. The SMILES string of the molecule is CC1(C)C(=O)CCCN1CC1CCCC1. The molecule has 0 unspecified atom stereocenters. The van der Waals surface area contributed by atoms with Gasteiger partial charge in [-0.05, 0) is 45.6 Å². The summed E-state index contributed by atoms with van der Waals surface area (Å²) in [6.07, 6.45) is 7.39. The molecule has 0 aromatic rings. The number of carbonyl (C=O) groups is 1. The van der Waals surface area contributed by atoms with E-state index in [0.717, 1.165) is 31.8 Å². The minimum atomic E-state index is -0.194. The van der Waals surface area contributed by atoms with Gasteiger partial charge in [-0.2, -0.15) is 0 Å². The van der Waals surface area contributed by atoms with Crippen LogP contribution < -0.4 is 0 Å². The van der Waals surface area contributed by atoms with Gasteiger partial charge in [-0.25, -0.2) is 0 Å². The van der Waals surface area contributed by atoms with Gasteiger partial charge in [0.2, 0.25) is 0 Å². The Balaban J connectivity index is 1.97. The lowest BCUT2D eigenvalue weighted by Gasteiger charge is -2.42. The Labute approximate surface area is 93.0 Å². The summed E-state index contributed by atoms with van der Waals surface area (Å²) < 4.78 is 0. The highest BCUT2D eigenvalue weighted by molar-refractivity contribution is 5.88. The fourth-order valence-electron chi connectivity index (χ4n) is 3.02. The van der Waals surface area contributed by atoms with E-state index in [0.29, 0.717) is 5.78 Å². The fraction of sp³-hybridized carbons (Fsp3) is 0.923. The van der Waals surface area contributed by atoms with Gasteiger partial charge >= 0.3 is 0 Å². The zero-order valence-corrected chi connectivity index (χ0v) is 10.1. The standard InChI is InChI=1S/C13H23NO/c1-13(2)12(15)8-5-9-14(13)10-11-6-3-4-7-11/h11H,3-10H2,1-2H3. The van der Waals surface area contributed by atoms with Crippen molar-refractivity contribution >= 4 is 5.78 Å². The number of likely N-dealkylation sites (tertiary alicyclic amines) is 1. The molecule has 0 N–H and O–H groups in total. The summed E-state index contributed by atoms with van der Waals surface area (Å²) in [4.78, 5) is 14.3. The lowest BCUT2D eigenvalue weighted by molar-refractivity contribution is -0.133. The molecule has 0 bridgehead atoms. The summed E-state index contributed by atoms with van der Waals surface area (Å²) in [6.45, 7) is 6.47. The van der Waals surface area contributed by atoms with Crippen molar-refractivity contribution in [2.45, 2.75) is 57.9 Å². The van der Waals surface area contributed by atoms with E-state index >= 15 is 0 Å². The van der Waals surface area contributed by atoms with Crippen molar-refractivity contribution in [1.29, 1.82) is 0 Å². The second-order valence-corrected chi connectivity index (χ2v) is 5.68. The highest BCUT2D eigenvalue weighted by Gasteiger charge is 2.38. The molecule has 86 valence electrons. The van der Waals surface area contributed by atoms with Crippen molar-refractivity contribution in [3.05, 3.63) is 0 Å². The highest BCUT2D eigenvalue weighted by atomic mass is 16.1. The average molecular weight is 209 g/mol. The van der Waals surface area contributed by atoms with Crippen molar-refractivity contribution in [2.75, 3.05) is 13.1 Å². The van der Waals surface area contributed by atoms with Gasteiger partial charge in [-0.3, -0.25) is 9.69 Å². The Kier molecular flexibility index (Phi) is 3.15. The van der Waals surface area contributed by atoms with E-state index in [1.807, 2.05) is 0 Å². The van der Waals surface area contributed by atoms with Gasteiger partial charge in [-0.15, -0.1) is 0 Å². The first-order chi connectivity index (χ1) is 7.10. The molecule has 1 saturated carbocycles. The molecule has 1 aliphatic carbocycles. The van der Waals surface area contributed by atoms with Crippen molar-refractivity contribution < 1.29 is 4.79 Å². The summed E-state index contributed by atoms with van der Waals surface area (Å²) in [7, 11) is 0. The molecule has 15 heavy (non-hydrogen) atoms. The first-order valence-corrected chi connectivity index (χ1v) is 6.39. The van der Waals surface area contributed by atoms with Crippen LogP contribution in [0.3, 0.4) is 0 Å². The predicted molar refractivity (Wildman–Crippen MR) is 61.9 cm³/mol. The fourth-order valence-corrected chi connectivity index (χ4v) is 3.02. The molecular weight excluding hydrogens is 186 g/mol. The molecule has 1 saturated heterocycles. The number of piperidine rings is 1. The Morgan fingerprint density at radius 2 is 1.93 bits per heavy atom. The zero-order chi connectivity index (χ0) is 10.9. The van der Waals surface area contributed by atoms with E-state index < -0.39 is 0 Å². The van der Waals surface area contributed by atoms with Crippen LogP contribution in [0.25, 0.3) is 0 Å². The molecule has 0 atom stereocenters. The van der Waals surface area contributed by atoms with Crippen molar-refractivity contribution in [2.24, 2.45) is 5.92 Å². The quantitative estimate of drug-likeness (QED) is 0.697. The van der Waals surface area contributed by atoms with Crippen LogP contribution >= 0.6 is 0 Å². The van der Waals surface area contributed by atoms with E-state index in [1.165, 1.54) is 25.7 Å². The smallest absolute Gasteiger partial charge is 0.152 e. The molecule has 2 heteroatoms. The predicted octanol–water partition coefficient (Wildman–Crippen LogP) is 2.62. The average Bonchev–Trinajstić information content (AvgIpc) is 2.66. The van der Waals surface area contributed by atoms with E-state index in [2.05, 4.69) is 18.7 Å². The largest absolute Gasteiger partial charge is 0.298 e. The molecule has 2 rings (SSSR count). The van der Waals surface area contributed by atoms with Gasteiger partial charge in [0.1, 0.15) is 0 Å². The number of ketones is 1. The van der Waals surface area contributed by atoms with E-state index in [9.17, 15) is 4.79 Å². The maximum Gasteiger partial charge on any atom is 0.152 e. The molecule has 0 aromatic carbocycles. The Morgan fingerprint density at radius 1 is 1.27 bits per heavy atom. The Hall–Kier alpha value is -0.370. The number of rotatable bonds is 2. The van der Waals surface area contributed by atoms with Crippen LogP contribution in [0.15, 0.2) is 0 Å². The van der Waals surface area contributed by atoms with Crippen LogP contribution in [0.4, 0.5) is 0 Å². The number of nitrogens with zero attached hydrogens (tertiary/aromatic N) is 1. The lowest BCUT2D eigenvalue weighted by Crippen LogP contribution is -2.54. The molecule has 1 aliphatic heterocycles. The first kappa shape index (κ1) is 11.1. The summed E-state index contributed by atoms with van der Waals surface area (Å²) in [6, 6.07) is 0. The molecule has 2 fully saturated rings. The first-order valence-electron chi connectivity index (χ1n) is 6.39. The van der Waals surface area contributed by atoms with Gasteiger partial charge in [0.25, 0.3) is 0 Å². The molecule has 0 aromatic heterocycles. The Bertz CT molecular complexity index is 241. The summed E-state index contributed by atoms with van der Waals surface area (Å²) in [5, 5.41) is 0. The third kappa shape index (κ3) is 2.25. The van der Waals surface area contributed by atoms with Crippen molar-refractivity contribution in [3.8, 4) is 0 Å². The minimum Gasteiger partial charge on any atom is -0.298 e. The molecular formula is C13H23NO. The zero-order valence-electron chi connectivity index (χ0n) is 10.1. The molecule has 2 aliphatic rings. The number of hydrogen-bond acceptors (Lipinski definition) is 2. The number of hydrogen-bond donors (Lipinski definition) is 0. The van der Waals surface area contributed by atoms with Crippen LogP contribution in [0.2, 0.25) is 0 Å². The number of carbonyl (C=O) groups excluding carboxylic acids is 1. The molecule has 0 amide bonds. The Morgan fingerprint density at radius 3 is 2.60 bits per heavy atom. The van der Waals surface area contributed by atoms with E-state index in [1.54, 1.807) is 0 Å².